The van der Waals surface area contributed by atoms with Crippen molar-refractivity contribution in [1.82, 2.24) is 14.8 Å². The van der Waals surface area contributed by atoms with E-state index in [1.54, 1.807) is 4.57 Å². The van der Waals surface area contributed by atoms with Crippen LogP contribution in [0.15, 0.2) is 18.2 Å². The lowest BCUT2D eigenvalue weighted by Crippen LogP contribution is -2.04. The molecule has 0 aliphatic heterocycles. The molecule has 0 unspecified atom stereocenters. The Labute approximate surface area is 104 Å². The Hall–Kier alpha value is -1.49. The summed E-state index contributed by atoms with van der Waals surface area (Å²) in [5, 5.41) is 6.92. The van der Waals surface area contributed by atoms with Crippen LogP contribution in [0.4, 0.5) is 4.39 Å². The molecule has 0 bridgehead atoms. The molecule has 0 aliphatic rings. The quantitative estimate of drug-likeness (QED) is 0.829. The van der Waals surface area contributed by atoms with Gasteiger partial charge >= 0.3 is 0 Å². The molecule has 0 radical (unpaired) electrons. The van der Waals surface area contributed by atoms with Gasteiger partial charge in [0.05, 0.1) is 5.69 Å². The van der Waals surface area contributed by atoms with E-state index in [9.17, 15) is 4.39 Å². The Morgan fingerprint density at radius 1 is 1.35 bits per heavy atom. The minimum atomic E-state index is -0.266. The van der Waals surface area contributed by atoms with E-state index in [-0.39, 0.29) is 11.7 Å². The van der Waals surface area contributed by atoms with Crippen molar-refractivity contribution in [2.75, 3.05) is 0 Å². The van der Waals surface area contributed by atoms with E-state index in [4.69, 9.17) is 12.2 Å². The van der Waals surface area contributed by atoms with Crippen molar-refractivity contribution >= 4 is 12.2 Å². The molecule has 0 atom stereocenters. The topological polar surface area (TPSA) is 33.6 Å². The lowest BCUT2D eigenvalue weighted by Gasteiger charge is -2.10. The summed E-state index contributed by atoms with van der Waals surface area (Å²) in [6.45, 7) is 5.90. The Bertz CT molecular complexity index is 578. The van der Waals surface area contributed by atoms with Gasteiger partial charge in [0, 0.05) is 5.92 Å². The number of aryl methyl sites for hydroxylation is 1. The highest BCUT2D eigenvalue weighted by Gasteiger charge is 2.12. The lowest BCUT2D eigenvalue weighted by molar-refractivity contribution is 0.624. The molecule has 90 valence electrons. The van der Waals surface area contributed by atoms with Crippen LogP contribution in [-0.4, -0.2) is 14.8 Å². The third-order valence-electron chi connectivity index (χ3n) is 2.50. The molecule has 1 aromatic heterocycles. The number of aromatic nitrogens is 3. The number of hydrogen-bond donors (Lipinski definition) is 1. The van der Waals surface area contributed by atoms with Gasteiger partial charge in [0.15, 0.2) is 4.77 Å². The molecule has 1 N–H and O–H groups in total. The fraction of sp³-hybridized carbons (Fsp3) is 0.333. The van der Waals surface area contributed by atoms with E-state index in [0.29, 0.717) is 10.5 Å². The minimum Gasteiger partial charge on any atom is -0.272 e. The predicted molar refractivity (Wildman–Crippen MR) is 67.5 cm³/mol. The predicted octanol–water partition coefficient (Wildman–Crippen LogP) is 3.50. The van der Waals surface area contributed by atoms with Gasteiger partial charge in [-0.2, -0.15) is 5.10 Å². The highest BCUT2D eigenvalue weighted by atomic mass is 32.1. The van der Waals surface area contributed by atoms with Gasteiger partial charge in [-0.15, -0.1) is 0 Å². The first-order valence-electron chi connectivity index (χ1n) is 5.44. The summed E-state index contributed by atoms with van der Waals surface area (Å²) < 4.78 is 15.7. The van der Waals surface area contributed by atoms with Crippen LogP contribution in [-0.2, 0) is 0 Å². The van der Waals surface area contributed by atoms with E-state index >= 15 is 0 Å². The van der Waals surface area contributed by atoms with Gasteiger partial charge in [0.2, 0.25) is 0 Å². The maximum Gasteiger partial charge on any atom is 0.199 e. The summed E-state index contributed by atoms with van der Waals surface area (Å²) in [7, 11) is 0. The third-order valence-corrected chi connectivity index (χ3v) is 2.77. The summed E-state index contributed by atoms with van der Waals surface area (Å²) in [6.07, 6.45) is 0. The van der Waals surface area contributed by atoms with E-state index in [1.807, 2.05) is 26.8 Å². The second-order valence-electron chi connectivity index (χ2n) is 4.36. The summed E-state index contributed by atoms with van der Waals surface area (Å²) >= 11 is 5.18. The Morgan fingerprint density at radius 3 is 2.65 bits per heavy atom. The van der Waals surface area contributed by atoms with Gasteiger partial charge in [0.25, 0.3) is 0 Å². The Balaban J connectivity index is 2.67. The first-order chi connectivity index (χ1) is 7.99. The van der Waals surface area contributed by atoms with E-state index < -0.39 is 0 Å². The van der Waals surface area contributed by atoms with Crippen molar-refractivity contribution in [2.24, 2.45) is 0 Å². The van der Waals surface area contributed by atoms with E-state index in [1.165, 1.54) is 12.1 Å². The van der Waals surface area contributed by atoms with Gasteiger partial charge in [0.1, 0.15) is 11.6 Å². The van der Waals surface area contributed by atoms with Crippen LogP contribution in [0.2, 0.25) is 0 Å². The van der Waals surface area contributed by atoms with Gasteiger partial charge in [-0.25, -0.2) is 4.39 Å². The molecule has 17 heavy (non-hydrogen) atoms. The van der Waals surface area contributed by atoms with Gasteiger partial charge in [-0.05, 0) is 42.9 Å². The number of aromatic amines is 1. The molecule has 0 amide bonds. The summed E-state index contributed by atoms with van der Waals surface area (Å²) in [5.41, 5.74) is 1.57. The zero-order valence-electron chi connectivity index (χ0n) is 9.99. The van der Waals surface area contributed by atoms with Crippen molar-refractivity contribution in [3.63, 3.8) is 0 Å². The standard InChI is InChI=1S/C12H14FN3S/c1-7(2)11-14-15-12(17)16(11)10-5-8(3)4-9(13)6-10/h4-7H,1-3H3,(H,15,17). The molecule has 0 spiro atoms. The van der Waals surface area contributed by atoms with Crippen LogP contribution in [0.5, 0.6) is 0 Å². The number of H-pyrrole nitrogens is 1. The molecule has 0 saturated heterocycles. The Kier molecular flexibility index (Phi) is 3.11. The number of hydrogen-bond acceptors (Lipinski definition) is 2. The molecule has 0 saturated carbocycles. The highest BCUT2D eigenvalue weighted by Crippen LogP contribution is 2.19. The van der Waals surface area contributed by atoms with Crippen LogP contribution in [0, 0.1) is 17.5 Å². The van der Waals surface area contributed by atoms with Crippen molar-refractivity contribution in [1.29, 1.82) is 0 Å². The van der Waals surface area contributed by atoms with E-state index in [0.717, 1.165) is 11.4 Å². The highest BCUT2D eigenvalue weighted by molar-refractivity contribution is 7.71. The van der Waals surface area contributed by atoms with Crippen LogP contribution >= 0.6 is 12.2 Å². The van der Waals surface area contributed by atoms with Crippen LogP contribution in [0.1, 0.15) is 31.2 Å². The van der Waals surface area contributed by atoms with Gasteiger partial charge in [-0.1, -0.05) is 13.8 Å². The number of benzene rings is 1. The van der Waals surface area contributed by atoms with Gasteiger partial charge < -0.3 is 0 Å². The molecule has 1 aromatic carbocycles. The average Bonchev–Trinajstić information content (AvgIpc) is 2.58. The van der Waals surface area contributed by atoms with Crippen molar-refractivity contribution < 1.29 is 4.39 Å². The molecule has 0 aliphatic carbocycles. The molecule has 2 aromatic rings. The van der Waals surface area contributed by atoms with Crippen LogP contribution in [0.25, 0.3) is 5.69 Å². The SMILES string of the molecule is Cc1cc(F)cc(-n2c(C(C)C)n[nH]c2=S)c1. The summed E-state index contributed by atoms with van der Waals surface area (Å²) in [5.74, 6) is 0.754. The number of halogens is 1. The Morgan fingerprint density at radius 2 is 2.06 bits per heavy atom. The van der Waals surface area contributed by atoms with Gasteiger partial charge in [-0.3, -0.25) is 9.67 Å². The summed E-state index contributed by atoms with van der Waals surface area (Å²) in [6, 6.07) is 4.84. The number of rotatable bonds is 2. The molecule has 2 rings (SSSR count). The second kappa shape index (κ2) is 4.41. The molecular weight excluding hydrogens is 237 g/mol. The molecule has 3 nitrogen and oxygen atoms in total. The fourth-order valence-corrected chi connectivity index (χ4v) is 2.04. The van der Waals surface area contributed by atoms with Crippen LogP contribution in [0.3, 0.4) is 0 Å². The largest absolute Gasteiger partial charge is 0.272 e. The first kappa shape index (κ1) is 12.0. The zero-order chi connectivity index (χ0) is 12.6. The van der Waals surface area contributed by atoms with E-state index in [2.05, 4.69) is 10.2 Å². The second-order valence-corrected chi connectivity index (χ2v) is 4.75. The minimum absolute atomic E-state index is 0.214. The van der Waals surface area contributed by atoms with Crippen LogP contribution < -0.4 is 0 Å². The summed E-state index contributed by atoms with van der Waals surface area (Å²) in [4.78, 5) is 0. The first-order valence-corrected chi connectivity index (χ1v) is 5.84. The number of nitrogens with zero attached hydrogens (tertiary/aromatic N) is 2. The lowest BCUT2D eigenvalue weighted by atomic mass is 10.2. The maximum atomic E-state index is 13.4. The maximum absolute atomic E-state index is 13.4. The normalized spacial score (nSPS) is 11.1. The fourth-order valence-electron chi connectivity index (χ4n) is 1.79. The van der Waals surface area contributed by atoms with Crippen molar-refractivity contribution in [2.45, 2.75) is 26.7 Å². The smallest absolute Gasteiger partial charge is 0.199 e. The third kappa shape index (κ3) is 2.29. The number of nitrogens with one attached hydrogen (secondary N) is 1. The molecule has 5 heteroatoms. The monoisotopic (exact) mass is 251 g/mol. The van der Waals surface area contributed by atoms with Crippen molar-refractivity contribution in [3.05, 3.63) is 40.2 Å². The zero-order valence-corrected chi connectivity index (χ0v) is 10.8. The molecular formula is C12H14FN3S. The van der Waals surface area contributed by atoms with Crippen molar-refractivity contribution in [3.8, 4) is 5.69 Å². The molecule has 1 heterocycles. The average molecular weight is 251 g/mol. The molecule has 0 fully saturated rings.